The molecule has 142 valence electrons. The minimum atomic E-state index is -1.92. The highest BCUT2D eigenvalue weighted by Gasteiger charge is 2.66. The van der Waals surface area contributed by atoms with Crippen LogP contribution in [0.15, 0.2) is 40.9 Å². The fourth-order valence-electron chi connectivity index (χ4n) is 5.58. The maximum atomic E-state index is 12.9. The van der Waals surface area contributed by atoms with Crippen LogP contribution in [0.3, 0.4) is 0 Å². The summed E-state index contributed by atoms with van der Waals surface area (Å²) in [6.45, 7) is 7.28. The Kier molecular flexibility index (Phi) is 3.47. The summed E-state index contributed by atoms with van der Waals surface area (Å²) in [7, 11) is -0.202. The zero-order valence-corrected chi connectivity index (χ0v) is 17.4. The molecule has 1 saturated heterocycles. The van der Waals surface area contributed by atoms with Crippen molar-refractivity contribution < 1.29 is 14.0 Å². The van der Waals surface area contributed by atoms with Crippen LogP contribution in [-0.2, 0) is 19.4 Å². The number of nitrogens with zero attached hydrogens (tertiary/aromatic N) is 2. The van der Waals surface area contributed by atoms with Gasteiger partial charge >= 0.3 is 0 Å². The second-order valence-electron chi connectivity index (χ2n) is 8.94. The number of carbonyl (C=O) groups is 1. The second kappa shape index (κ2) is 5.40. The lowest BCUT2D eigenvalue weighted by Crippen LogP contribution is -2.64. The van der Waals surface area contributed by atoms with Gasteiger partial charge in [-0.05, 0) is 55.8 Å². The molecule has 6 heteroatoms. The smallest absolute Gasteiger partial charge is 0.227 e. The highest BCUT2D eigenvalue weighted by molar-refractivity contribution is 6.70. The number of hydrogen-bond acceptors (Lipinski definition) is 4. The molecule has 1 aromatic carbocycles. The van der Waals surface area contributed by atoms with Crippen LogP contribution < -0.4 is 4.90 Å². The van der Waals surface area contributed by atoms with Gasteiger partial charge in [0.05, 0.1) is 17.2 Å². The minimum absolute atomic E-state index is 0.0194. The van der Waals surface area contributed by atoms with Gasteiger partial charge in [0.25, 0.3) is 0 Å². The van der Waals surface area contributed by atoms with Crippen LogP contribution in [0.2, 0.25) is 19.6 Å². The molecule has 1 unspecified atom stereocenters. The average Bonchev–Trinajstić information content (AvgIpc) is 3.19. The number of hydrogen-bond donors (Lipinski definition) is 0. The van der Waals surface area contributed by atoms with Crippen molar-refractivity contribution in [2.45, 2.75) is 56.1 Å². The molecule has 5 nitrogen and oxygen atoms in total. The summed E-state index contributed by atoms with van der Waals surface area (Å²) >= 11 is 0. The van der Waals surface area contributed by atoms with Gasteiger partial charge in [-0.3, -0.25) is 9.79 Å². The van der Waals surface area contributed by atoms with E-state index in [4.69, 9.17) is 14.2 Å². The lowest BCUT2D eigenvalue weighted by Gasteiger charge is -2.50. The largest absolute Gasteiger partial charge is 0.383 e. The van der Waals surface area contributed by atoms with Crippen molar-refractivity contribution in [2.24, 2.45) is 4.99 Å². The minimum Gasteiger partial charge on any atom is -0.383 e. The van der Waals surface area contributed by atoms with E-state index in [9.17, 15) is 4.79 Å². The Bertz CT molecular complexity index is 903. The number of benzene rings is 1. The predicted octanol–water partition coefficient (Wildman–Crippen LogP) is 3.41. The third-order valence-electron chi connectivity index (χ3n) is 6.28. The van der Waals surface area contributed by atoms with Crippen LogP contribution in [0.25, 0.3) is 0 Å². The Balaban J connectivity index is 1.80. The van der Waals surface area contributed by atoms with E-state index < -0.39 is 14.1 Å². The lowest BCUT2D eigenvalue weighted by atomic mass is 9.63. The number of fused-ring (bicyclic) bond motifs is 2. The first kappa shape index (κ1) is 17.3. The van der Waals surface area contributed by atoms with E-state index in [-0.39, 0.29) is 17.4 Å². The third kappa shape index (κ3) is 2.12. The maximum Gasteiger partial charge on any atom is 0.227 e. The topological polar surface area (TPSA) is 51.1 Å². The molecule has 1 fully saturated rings. The van der Waals surface area contributed by atoms with E-state index in [0.717, 1.165) is 30.8 Å². The van der Waals surface area contributed by atoms with Crippen molar-refractivity contribution in [3.05, 3.63) is 41.5 Å². The number of ether oxygens (including phenoxy) is 1. The molecule has 1 aliphatic carbocycles. The molecule has 0 N–H and O–H groups in total. The van der Waals surface area contributed by atoms with Crippen molar-refractivity contribution in [3.8, 4) is 0 Å². The predicted molar refractivity (Wildman–Crippen MR) is 108 cm³/mol. The summed E-state index contributed by atoms with van der Waals surface area (Å²) in [5.74, 6) is -0.709. The highest BCUT2D eigenvalue weighted by atomic mass is 28.4. The first-order valence-electron chi connectivity index (χ1n) is 9.76. The Labute approximate surface area is 161 Å². The molecule has 27 heavy (non-hydrogen) atoms. The molecule has 0 radical (unpaired) electrons. The summed E-state index contributed by atoms with van der Waals surface area (Å²) in [4.78, 5) is 19.9. The van der Waals surface area contributed by atoms with E-state index in [1.165, 1.54) is 11.1 Å². The van der Waals surface area contributed by atoms with Crippen LogP contribution in [0.1, 0.15) is 24.8 Å². The molecule has 3 atom stereocenters. The number of anilines is 1. The van der Waals surface area contributed by atoms with Gasteiger partial charge in [0, 0.05) is 25.8 Å². The van der Waals surface area contributed by atoms with E-state index in [1.807, 2.05) is 11.0 Å². The van der Waals surface area contributed by atoms with E-state index in [0.29, 0.717) is 6.42 Å². The van der Waals surface area contributed by atoms with Crippen LogP contribution in [0, 0.1) is 0 Å². The quantitative estimate of drug-likeness (QED) is 0.457. The summed E-state index contributed by atoms with van der Waals surface area (Å²) in [6, 6.07) is 8.35. The molecule has 0 bridgehead atoms. The lowest BCUT2D eigenvalue weighted by molar-refractivity contribution is -0.120. The molecule has 5 rings (SSSR count). The molecule has 3 aliphatic heterocycles. The summed E-state index contributed by atoms with van der Waals surface area (Å²) in [6.07, 6.45) is 4.34. The molecule has 0 saturated carbocycles. The van der Waals surface area contributed by atoms with Gasteiger partial charge in [-0.15, -0.1) is 0 Å². The number of carbonyl (C=O) groups excluding carboxylic acids is 1. The number of rotatable bonds is 3. The standard InChI is InChI=1S/C21H26N2O3Si/c1-25-21(26-27(2,3)4)13-14-9-10-17(24)23-16-8-6-5-7-15(16)20(18(14)23)11-12-22-19(20)21/h5-8,13,18H,9-12H2,1-4H3/t18-,20-,21?/m0/s1. The van der Waals surface area contributed by atoms with Gasteiger partial charge in [-0.2, -0.15) is 0 Å². The van der Waals surface area contributed by atoms with Crippen molar-refractivity contribution in [2.75, 3.05) is 18.6 Å². The Morgan fingerprint density at radius 1 is 1.22 bits per heavy atom. The Morgan fingerprint density at radius 3 is 2.74 bits per heavy atom. The van der Waals surface area contributed by atoms with Crippen LogP contribution >= 0.6 is 0 Å². The molecule has 3 heterocycles. The Morgan fingerprint density at radius 2 is 2.00 bits per heavy atom. The molecule has 1 amide bonds. The van der Waals surface area contributed by atoms with Gasteiger partial charge in [-0.25, -0.2) is 0 Å². The molecule has 4 aliphatic rings. The molecular weight excluding hydrogens is 356 g/mol. The fourth-order valence-corrected chi connectivity index (χ4v) is 6.73. The molecular formula is C21H26N2O3Si. The van der Waals surface area contributed by atoms with E-state index in [1.54, 1.807) is 7.11 Å². The van der Waals surface area contributed by atoms with Crippen molar-refractivity contribution >= 4 is 25.6 Å². The summed E-state index contributed by atoms with van der Waals surface area (Å²) in [5.41, 5.74) is 4.12. The third-order valence-corrected chi connectivity index (χ3v) is 7.20. The average molecular weight is 383 g/mol. The molecule has 1 spiro atoms. The van der Waals surface area contributed by atoms with E-state index >= 15 is 0 Å². The molecule has 0 aromatic heterocycles. The zero-order valence-electron chi connectivity index (χ0n) is 16.4. The van der Waals surface area contributed by atoms with Crippen LogP contribution in [0.5, 0.6) is 0 Å². The first-order chi connectivity index (χ1) is 12.8. The highest BCUT2D eigenvalue weighted by Crippen LogP contribution is 2.59. The second-order valence-corrected chi connectivity index (χ2v) is 13.4. The number of aliphatic imine (C=N–C) groups is 1. The number of para-hydroxylation sites is 1. The fraction of sp³-hybridized carbons (Fsp3) is 0.524. The first-order valence-corrected chi connectivity index (χ1v) is 13.2. The number of methoxy groups -OCH3 is 1. The Hall–Kier alpha value is -1.76. The summed E-state index contributed by atoms with van der Waals surface area (Å²) < 4.78 is 12.8. The van der Waals surface area contributed by atoms with Gasteiger partial charge in [0.1, 0.15) is 0 Å². The normalized spacial score (nSPS) is 34.0. The number of amides is 1. The van der Waals surface area contributed by atoms with Crippen molar-refractivity contribution in [3.63, 3.8) is 0 Å². The van der Waals surface area contributed by atoms with Crippen molar-refractivity contribution in [1.29, 1.82) is 0 Å². The van der Waals surface area contributed by atoms with E-state index in [2.05, 4.69) is 43.9 Å². The maximum absolute atomic E-state index is 12.9. The number of piperidine rings is 1. The van der Waals surface area contributed by atoms with Gasteiger partial charge in [0.15, 0.2) is 8.32 Å². The van der Waals surface area contributed by atoms with Crippen LogP contribution in [0.4, 0.5) is 5.69 Å². The monoisotopic (exact) mass is 382 g/mol. The van der Waals surface area contributed by atoms with Gasteiger partial charge < -0.3 is 14.1 Å². The zero-order chi connectivity index (χ0) is 19.0. The molecule has 1 aromatic rings. The van der Waals surface area contributed by atoms with Gasteiger partial charge in [0.2, 0.25) is 11.7 Å². The van der Waals surface area contributed by atoms with Crippen LogP contribution in [-0.4, -0.2) is 45.4 Å². The van der Waals surface area contributed by atoms with Gasteiger partial charge in [-0.1, -0.05) is 18.2 Å². The SMILES string of the molecule is COC1(O[Si](C)(C)C)C=C2CCC(=O)N3c4ccccc4[C@@]4(CCN=C14)[C@H]23. The van der Waals surface area contributed by atoms with Crippen molar-refractivity contribution in [1.82, 2.24) is 0 Å². The summed E-state index contributed by atoms with van der Waals surface area (Å²) in [5, 5.41) is 0.